The number of rotatable bonds is 0. The van der Waals surface area contributed by atoms with Crippen LogP contribution in [0.4, 0.5) is 0 Å². The van der Waals surface area contributed by atoms with Crippen molar-refractivity contribution in [1.29, 1.82) is 0 Å². The zero-order valence-corrected chi connectivity index (χ0v) is 37.9. The number of hydrogen-bond donors (Lipinski definition) is 0. The molecule has 0 heteroatoms. The van der Waals surface area contributed by atoms with Crippen LogP contribution in [0.3, 0.4) is 0 Å². The van der Waals surface area contributed by atoms with Crippen molar-refractivity contribution in [2.24, 2.45) is 0 Å². The second-order valence-corrected chi connectivity index (χ2v) is 9.41. The van der Waals surface area contributed by atoms with Crippen molar-refractivity contribution in [3.05, 3.63) is 215 Å². The lowest BCUT2D eigenvalue weighted by Crippen LogP contribution is -1.62. The first-order chi connectivity index (χ1) is 28.8. The summed E-state index contributed by atoms with van der Waals surface area (Å²) in [5.41, 5.74) is 6.79. The molecule has 0 aliphatic rings. The first kappa shape index (κ1) is 47.3. The Balaban J connectivity index is -0.000000139. The molecule has 0 spiro atoms. The summed E-state index contributed by atoms with van der Waals surface area (Å²) in [4.78, 5) is 0. The van der Waals surface area contributed by atoms with Crippen LogP contribution in [-0.2, 0) is 0 Å². The van der Waals surface area contributed by atoms with E-state index >= 15 is 0 Å². The van der Waals surface area contributed by atoms with Crippen molar-refractivity contribution in [3.8, 4) is 0 Å². The lowest BCUT2D eigenvalue weighted by atomic mass is 10.2. The van der Waals surface area contributed by atoms with E-state index in [1.807, 2.05) is 222 Å². The van der Waals surface area contributed by atoms with E-state index in [0.717, 1.165) is 22.3 Å². The molecule has 0 atom stereocenters. The Bertz CT molecular complexity index is 1480. The summed E-state index contributed by atoms with van der Waals surface area (Å²) in [7, 11) is 0. The molecule has 0 fully saturated rings. The van der Waals surface area contributed by atoms with E-state index < -0.39 is 0 Å². The van der Waals surface area contributed by atoms with Gasteiger partial charge in [0.1, 0.15) is 0 Å². The van der Waals surface area contributed by atoms with Gasteiger partial charge in [0.25, 0.3) is 0 Å². The number of hydrogen-bond acceptors (Lipinski definition) is 0. The molecule has 0 N–H and O–H groups in total. The van der Waals surface area contributed by atoms with Crippen LogP contribution < -0.4 is 0 Å². The van der Waals surface area contributed by atoms with Crippen molar-refractivity contribution in [2.75, 3.05) is 0 Å². The number of benzene rings is 6. The van der Waals surface area contributed by atoms with Crippen LogP contribution in [0.25, 0.3) is 0 Å². The number of aryl methyl sites for hydroxylation is 6. The summed E-state index contributed by atoms with van der Waals surface area (Å²) in [6.07, 6.45) is 0. The summed E-state index contributed by atoms with van der Waals surface area (Å²) < 4.78 is 42.9. The van der Waals surface area contributed by atoms with Gasteiger partial charge in [0, 0.05) is 0 Å². The first-order valence-corrected chi connectivity index (χ1v) is 19.9. The monoisotopic (exact) mass is 739 g/mol. The Morgan fingerprint density at radius 3 is 0.611 bits per heavy atom. The summed E-state index contributed by atoms with van der Waals surface area (Å²) >= 11 is 0. The van der Waals surface area contributed by atoms with Gasteiger partial charge in [-0.3, -0.25) is 0 Å². The highest BCUT2D eigenvalue weighted by Crippen LogP contribution is 1.95. The highest BCUT2D eigenvalue weighted by Gasteiger charge is 1.75. The minimum absolute atomic E-state index is 0.579. The normalized spacial score (nSPS) is 9.00. The van der Waals surface area contributed by atoms with Crippen LogP contribution in [0.5, 0.6) is 0 Å². The van der Waals surface area contributed by atoms with Crippen LogP contribution in [0.1, 0.15) is 125 Å². The Labute approximate surface area is 347 Å². The van der Waals surface area contributed by atoms with Gasteiger partial charge >= 0.3 is 0 Å². The molecule has 0 aliphatic carbocycles. The Morgan fingerprint density at radius 1 is 0.222 bits per heavy atom. The van der Waals surface area contributed by atoms with Gasteiger partial charge in [0.15, 0.2) is 0 Å². The minimum Gasteiger partial charge on any atom is -0.0683 e. The largest absolute Gasteiger partial charge is 0.0683 e. The molecule has 6 rings (SSSR count). The van der Waals surface area contributed by atoms with Crippen molar-refractivity contribution in [1.82, 2.24) is 0 Å². The van der Waals surface area contributed by atoms with E-state index in [-0.39, 0.29) is 0 Å². The van der Waals surface area contributed by atoms with Gasteiger partial charge in [-0.15, -0.1) is 0 Å². The van der Waals surface area contributed by atoms with Crippen LogP contribution >= 0.6 is 0 Å². The maximum Gasteiger partial charge on any atom is 0.0625 e. The van der Waals surface area contributed by atoms with Crippen molar-refractivity contribution in [3.63, 3.8) is 0 Å². The van der Waals surface area contributed by atoms with E-state index in [9.17, 15) is 0 Å². The molecule has 300 valence electrons. The lowest BCUT2D eigenvalue weighted by molar-refractivity contribution is 1.48. The summed E-state index contributed by atoms with van der Waals surface area (Å²) in [6, 6.07) is 48.5. The van der Waals surface area contributed by atoms with Gasteiger partial charge in [-0.2, -0.15) is 0 Å². The molecule has 54 heavy (non-hydrogen) atoms. The molecular formula is C54H84. The van der Waals surface area contributed by atoms with Crippen LogP contribution in [-0.4, -0.2) is 0 Å². The zero-order valence-electron chi connectivity index (χ0n) is 43.9. The predicted molar refractivity (Wildman–Crippen MR) is 255 cm³/mol. The van der Waals surface area contributed by atoms with Gasteiger partial charge in [0.05, 0.1) is 8.22 Å². The van der Waals surface area contributed by atoms with Gasteiger partial charge in [-0.1, -0.05) is 298 Å². The van der Waals surface area contributed by atoms with E-state index in [4.69, 9.17) is 8.22 Å². The third-order valence-corrected chi connectivity index (χ3v) is 5.22. The molecule has 0 aromatic heterocycles. The standard InChI is InChI=1S/6C7H8.6C2H6/c6*1-7-5-3-2-4-6-7;6*1-2/h6*2-6H,1H3;6*1-2H3/i2*5D;2*3D;2*2D;;;;;;. The second-order valence-electron chi connectivity index (χ2n) is 9.41. The Morgan fingerprint density at radius 2 is 0.444 bits per heavy atom. The van der Waals surface area contributed by atoms with Crippen molar-refractivity contribution >= 4 is 0 Å². The van der Waals surface area contributed by atoms with Gasteiger partial charge < -0.3 is 0 Å². The van der Waals surface area contributed by atoms with E-state index in [0.29, 0.717) is 36.3 Å². The van der Waals surface area contributed by atoms with Gasteiger partial charge in [-0.05, 0) is 41.5 Å². The Kier molecular flexibility index (Phi) is 50.5. The second kappa shape index (κ2) is 57.7. The summed E-state index contributed by atoms with van der Waals surface area (Å²) in [5.74, 6) is 0. The van der Waals surface area contributed by atoms with Crippen LogP contribution in [0.2, 0.25) is 0 Å². The molecule has 0 unspecified atom stereocenters. The topological polar surface area (TPSA) is 0 Å². The summed E-state index contributed by atoms with van der Waals surface area (Å²) in [5, 5.41) is 0. The molecule has 6 aromatic carbocycles. The van der Waals surface area contributed by atoms with E-state index in [1.54, 1.807) is 48.5 Å². The molecule has 6 aromatic rings. The fourth-order valence-electron chi connectivity index (χ4n) is 2.87. The average Bonchev–Trinajstić information content (AvgIpc) is 3.27. The maximum atomic E-state index is 7.22. The molecule has 0 heterocycles. The van der Waals surface area contributed by atoms with Gasteiger partial charge in [-0.25, -0.2) is 0 Å². The van der Waals surface area contributed by atoms with Gasteiger partial charge in [0.2, 0.25) is 0 Å². The molecule has 0 bridgehead atoms. The van der Waals surface area contributed by atoms with Crippen molar-refractivity contribution < 1.29 is 8.22 Å². The molecule has 0 saturated carbocycles. The molecule has 0 amide bonds. The molecule has 0 aliphatic heterocycles. The van der Waals surface area contributed by atoms with Crippen molar-refractivity contribution in [2.45, 2.75) is 125 Å². The van der Waals surface area contributed by atoms with Crippen LogP contribution in [0.15, 0.2) is 182 Å². The predicted octanol–water partition coefficient (Wildman–Crippen LogP) is 18.1. The molecular weight excluding hydrogens is 649 g/mol. The molecule has 0 radical (unpaired) electrons. The maximum absolute atomic E-state index is 7.22. The third-order valence-electron chi connectivity index (χ3n) is 5.22. The third kappa shape index (κ3) is 54.1. The fourth-order valence-corrected chi connectivity index (χ4v) is 2.87. The SMILES string of the molecule is CC.CC.CC.CC.CC.CC.[2H]c1ccc(C)cc1.[2H]c1ccc(C)cc1.[2H]c1cccc(C)c1.[2H]c1cccc(C)c1.[2H]c1ccccc1C.[2H]c1ccccc1C. The first-order valence-electron chi connectivity index (χ1n) is 22.9. The highest BCUT2D eigenvalue weighted by molar-refractivity contribution is 5.14. The van der Waals surface area contributed by atoms with Crippen LogP contribution in [0, 0.1) is 41.5 Å². The summed E-state index contributed by atoms with van der Waals surface area (Å²) in [6.45, 7) is 35.9. The van der Waals surface area contributed by atoms with E-state index in [2.05, 4.69) is 0 Å². The zero-order chi connectivity index (χ0) is 47.9. The highest BCUT2D eigenvalue weighted by atomic mass is 13.8. The smallest absolute Gasteiger partial charge is 0.0625 e. The fraction of sp³-hybridized carbons (Fsp3) is 0.333. The Hall–Kier alpha value is -4.68. The van der Waals surface area contributed by atoms with E-state index in [1.165, 1.54) is 11.1 Å². The minimum atomic E-state index is 0.579. The lowest BCUT2D eigenvalue weighted by Gasteiger charge is -1.82. The quantitative estimate of drug-likeness (QED) is 0.146. The molecule has 0 saturated heterocycles. The average molecular weight is 739 g/mol. The molecule has 0 nitrogen and oxygen atoms in total.